The molecule has 0 aromatic carbocycles. The Hall–Kier alpha value is -1.58. The maximum Gasteiger partial charge on any atom is 0.310 e. The zero-order valence-corrected chi connectivity index (χ0v) is 22.2. The number of ketones is 1. The molecule has 0 radical (unpaired) electrons. The van der Waals surface area contributed by atoms with Gasteiger partial charge in [0.05, 0.1) is 5.41 Å². The third-order valence-electron chi connectivity index (χ3n) is 12.7. The average Bonchev–Trinajstić information content (AvgIpc) is 2.75. The molecule has 2 N–H and O–H groups in total. The zero-order valence-electron chi connectivity index (χ0n) is 22.2. The molecule has 0 aliphatic heterocycles. The van der Waals surface area contributed by atoms with Crippen LogP contribution in [0.3, 0.4) is 0 Å². The van der Waals surface area contributed by atoms with Gasteiger partial charge in [-0.1, -0.05) is 60.1 Å². The smallest absolute Gasteiger partial charge is 0.310 e. The summed E-state index contributed by atoms with van der Waals surface area (Å²) < 4.78 is 0. The summed E-state index contributed by atoms with van der Waals surface area (Å²) in [5.74, 6) is 0.738. The fourth-order valence-electron chi connectivity index (χ4n) is 10.3. The van der Waals surface area contributed by atoms with Crippen LogP contribution >= 0.6 is 0 Å². The molecule has 4 heteroatoms. The normalized spacial score (nSPS) is 51.7. The number of hydrogen-bond donors (Lipinski definition) is 2. The van der Waals surface area contributed by atoms with Gasteiger partial charge in [-0.2, -0.15) is 0 Å². The average molecular weight is 469 g/mol. The van der Waals surface area contributed by atoms with Gasteiger partial charge < -0.3 is 10.2 Å². The fourth-order valence-corrected chi connectivity index (χ4v) is 10.3. The van der Waals surface area contributed by atoms with Crippen molar-refractivity contribution in [2.75, 3.05) is 0 Å². The van der Waals surface area contributed by atoms with Crippen molar-refractivity contribution in [2.24, 2.45) is 56.7 Å². The Balaban J connectivity index is 1.66. The number of carboxylic acid groups (broad SMARTS) is 1. The third kappa shape index (κ3) is 2.61. The van der Waals surface area contributed by atoms with E-state index in [9.17, 15) is 19.8 Å². The third-order valence-corrected chi connectivity index (χ3v) is 12.7. The fraction of sp³-hybridized carbons (Fsp3) is 0.800. The number of rotatable bonds is 1. The van der Waals surface area contributed by atoms with Crippen LogP contribution in [0, 0.1) is 56.7 Å². The first kappa shape index (κ1) is 24.1. The maximum atomic E-state index is 12.9. The molecule has 5 rings (SSSR count). The second-order valence-corrected chi connectivity index (χ2v) is 14.0. The predicted octanol–water partition coefficient (Wildman–Crippen LogP) is 6.96. The van der Waals surface area contributed by atoms with Gasteiger partial charge in [-0.25, -0.2) is 0 Å². The van der Waals surface area contributed by atoms with E-state index in [4.69, 9.17) is 0 Å². The van der Waals surface area contributed by atoms with E-state index in [-0.39, 0.29) is 39.6 Å². The van der Waals surface area contributed by atoms with Gasteiger partial charge >= 0.3 is 5.97 Å². The summed E-state index contributed by atoms with van der Waals surface area (Å²) in [5, 5.41) is 21.2. The van der Waals surface area contributed by atoms with Crippen LogP contribution in [0.4, 0.5) is 0 Å². The molecular weight excluding hydrogens is 424 g/mol. The van der Waals surface area contributed by atoms with E-state index in [0.717, 1.165) is 44.9 Å². The Labute approximate surface area is 205 Å². The van der Waals surface area contributed by atoms with Crippen LogP contribution < -0.4 is 0 Å². The molecule has 9 atom stereocenters. The van der Waals surface area contributed by atoms with Gasteiger partial charge in [-0.3, -0.25) is 9.59 Å². The van der Waals surface area contributed by atoms with Gasteiger partial charge in [0.15, 0.2) is 5.76 Å². The molecule has 0 heterocycles. The number of carboxylic acids is 1. The monoisotopic (exact) mass is 468 g/mol. The minimum Gasteiger partial charge on any atom is -0.505 e. The second kappa shape index (κ2) is 7.01. The van der Waals surface area contributed by atoms with Crippen LogP contribution in [0.2, 0.25) is 0 Å². The van der Waals surface area contributed by atoms with Gasteiger partial charge in [-0.05, 0) is 96.9 Å². The molecule has 0 amide bonds. The highest BCUT2D eigenvalue weighted by Gasteiger charge is 2.69. The molecule has 0 aromatic rings. The van der Waals surface area contributed by atoms with Crippen molar-refractivity contribution in [1.29, 1.82) is 0 Å². The van der Waals surface area contributed by atoms with Crippen molar-refractivity contribution in [3.05, 3.63) is 23.5 Å². The van der Waals surface area contributed by atoms with Crippen molar-refractivity contribution in [3.8, 4) is 0 Å². The van der Waals surface area contributed by atoms with Gasteiger partial charge in [-0.15, -0.1) is 0 Å². The van der Waals surface area contributed by atoms with Crippen molar-refractivity contribution in [3.63, 3.8) is 0 Å². The number of Topliss-reactive ketones (excluding diaryl/α,β-unsaturated/α-hetero) is 1. The molecule has 0 spiro atoms. The van der Waals surface area contributed by atoms with E-state index in [1.54, 1.807) is 0 Å². The molecule has 5 aliphatic rings. The summed E-state index contributed by atoms with van der Waals surface area (Å²) in [7, 11) is 0. The summed E-state index contributed by atoms with van der Waals surface area (Å²) in [6, 6.07) is 0. The largest absolute Gasteiger partial charge is 0.505 e. The van der Waals surface area contributed by atoms with E-state index in [0.29, 0.717) is 17.8 Å². The molecule has 3 saturated carbocycles. The number of aliphatic carboxylic acids is 1. The lowest BCUT2D eigenvalue weighted by molar-refractivity contribution is -0.177. The zero-order chi connectivity index (χ0) is 25.1. The molecule has 0 aromatic heterocycles. The lowest BCUT2D eigenvalue weighted by Gasteiger charge is -2.70. The maximum absolute atomic E-state index is 12.9. The quantitative estimate of drug-likeness (QED) is 0.408. The minimum atomic E-state index is -0.626. The van der Waals surface area contributed by atoms with Gasteiger partial charge in [0.25, 0.3) is 0 Å². The number of allylic oxidation sites excluding steroid dienone is 4. The molecule has 188 valence electrons. The summed E-state index contributed by atoms with van der Waals surface area (Å²) in [4.78, 5) is 25.7. The first-order chi connectivity index (χ1) is 15.7. The Morgan fingerprint density at radius 3 is 2.29 bits per heavy atom. The highest BCUT2D eigenvalue weighted by atomic mass is 16.4. The summed E-state index contributed by atoms with van der Waals surface area (Å²) in [5.41, 5.74) is -0.0989. The van der Waals surface area contributed by atoms with Crippen LogP contribution in [0.15, 0.2) is 23.5 Å². The molecule has 34 heavy (non-hydrogen) atoms. The summed E-state index contributed by atoms with van der Waals surface area (Å²) in [6.45, 7) is 15.8. The van der Waals surface area contributed by atoms with Gasteiger partial charge in [0, 0.05) is 5.41 Å². The first-order valence-corrected chi connectivity index (χ1v) is 13.6. The molecule has 0 bridgehead atoms. The van der Waals surface area contributed by atoms with E-state index in [1.165, 1.54) is 5.57 Å². The van der Waals surface area contributed by atoms with E-state index >= 15 is 0 Å². The second-order valence-electron chi connectivity index (χ2n) is 14.0. The summed E-state index contributed by atoms with van der Waals surface area (Å²) in [6.07, 6.45) is 10.7. The standard InChI is InChI=1S/C30H44O4/c1-17-10-13-30(25(33)34)15-14-28(6)19(23(30)18(17)2)8-9-22-27(5)16-20(31)24(32)26(3,4)21(27)11-12-29(22,28)7/h8,16-18,21-23,31H,9-15H2,1-7H3,(H,33,34)/t17-,18+,21+,22-,23?,27+,28-,29-,30?/m1/s1. The van der Waals surface area contributed by atoms with Crippen molar-refractivity contribution in [2.45, 2.75) is 93.4 Å². The number of aliphatic hydroxyl groups excluding tert-OH is 1. The van der Waals surface area contributed by atoms with Gasteiger partial charge in [0.1, 0.15) is 0 Å². The molecule has 2 unspecified atom stereocenters. The van der Waals surface area contributed by atoms with E-state index in [2.05, 4.69) is 40.7 Å². The van der Waals surface area contributed by atoms with E-state index in [1.807, 2.05) is 19.9 Å². The molecular formula is C30H44O4. The number of hydrogen-bond acceptors (Lipinski definition) is 3. The number of fused-ring (bicyclic) bond motifs is 7. The minimum absolute atomic E-state index is 0.000644. The molecule has 4 nitrogen and oxygen atoms in total. The lowest BCUT2D eigenvalue weighted by Crippen LogP contribution is -2.64. The van der Waals surface area contributed by atoms with Crippen molar-refractivity contribution >= 4 is 11.8 Å². The highest BCUT2D eigenvalue weighted by molar-refractivity contribution is 5.98. The first-order valence-electron chi connectivity index (χ1n) is 13.6. The number of carbonyl (C=O) groups excluding carboxylic acids is 1. The SMILES string of the molecule is C[C@@H]1CCC2(C(=O)O)CC[C@]3(C)C(=CC[C@@H]4[C@@]5(C)C=C(O)C(=O)C(C)(C)[C@@H]5CC[C@]43C)C2[C@H]1C. The topological polar surface area (TPSA) is 74.6 Å². The van der Waals surface area contributed by atoms with Crippen LogP contribution in [0.5, 0.6) is 0 Å². The van der Waals surface area contributed by atoms with Crippen molar-refractivity contribution < 1.29 is 19.8 Å². The van der Waals surface area contributed by atoms with Crippen LogP contribution in [0.25, 0.3) is 0 Å². The highest BCUT2D eigenvalue weighted by Crippen LogP contribution is 2.75. The van der Waals surface area contributed by atoms with Crippen LogP contribution in [0.1, 0.15) is 93.4 Å². The van der Waals surface area contributed by atoms with Crippen LogP contribution in [-0.2, 0) is 9.59 Å². The Kier molecular flexibility index (Phi) is 4.97. The molecule has 5 aliphatic carbocycles. The predicted molar refractivity (Wildman–Crippen MR) is 133 cm³/mol. The number of aliphatic hydroxyl groups is 1. The van der Waals surface area contributed by atoms with Crippen LogP contribution in [-0.4, -0.2) is 22.0 Å². The molecule has 3 fully saturated rings. The summed E-state index contributed by atoms with van der Waals surface area (Å²) >= 11 is 0. The van der Waals surface area contributed by atoms with E-state index < -0.39 is 16.8 Å². The lowest BCUT2D eigenvalue weighted by atomic mass is 9.34. The Morgan fingerprint density at radius 2 is 1.65 bits per heavy atom. The molecule has 0 saturated heterocycles. The number of carbonyl (C=O) groups is 2. The Bertz CT molecular complexity index is 1010. The Morgan fingerprint density at radius 1 is 0.971 bits per heavy atom. The van der Waals surface area contributed by atoms with Crippen molar-refractivity contribution in [1.82, 2.24) is 0 Å². The van der Waals surface area contributed by atoms with Gasteiger partial charge in [0.2, 0.25) is 5.78 Å².